The van der Waals surface area contributed by atoms with Crippen LogP contribution >= 0.6 is 0 Å². The van der Waals surface area contributed by atoms with Gasteiger partial charge in [0.1, 0.15) is 11.6 Å². The van der Waals surface area contributed by atoms with E-state index < -0.39 is 24.6 Å². The number of alkyl halides is 3. The van der Waals surface area contributed by atoms with E-state index >= 15 is 0 Å². The molecule has 1 saturated heterocycles. The molecule has 1 aliphatic heterocycles. The fourth-order valence-corrected chi connectivity index (χ4v) is 3.30. The first-order valence-electron chi connectivity index (χ1n) is 8.80. The SMILES string of the molecule is CN(Cc1ccccc1OCC(F)(F)F)[C@@H]1CCN(c2ccccc2F)C1=O. The molecule has 2 aromatic rings. The quantitative estimate of drug-likeness (QED) is 0.692. The van der Waals surface area contributed by atoms with Crippen LogP contribution in [0.25, 0.3) is 0 Å². The summed E-state index contributed by atoms with van der Waals surface area (Å²) < 4.78 is 56.3. The fourth-order valence-electron chi connectivity index (χ4n) is 3.30. The predicted molar refractivity (Wildman–Crippen MR) is 96.6 cm³/mol. The van der Waals surface area contributed by atoms with Gasteiger partial charge in [0.2, 0.25) is 5.91 Å². The van der Waals surface area contributed by atoms with Crippen molar-refractivity contribution in [1.82, 2.24) is 4.90 Å². The summed E-state index contributed by atoms with van der Waals surface area (Å²) in [6.07, 6.45) is -3.93. The highest BCUT2D eigenvalue weighted by molar-refractivity contribution is 5.99. The van der Waals surface area contributed by atoms with E-state index in [1.165, 1.54) is 17.0 Å². The normalized spacial score (nSPS) is 17.4. The second kappa shape index (κ2) is 8.18. The third-order valence-electron chi connectivity index (χ3n) is 4.64. The molecule has 0 aliphatic carbocycles. The van der Waals surface area contributed by atoms with Crippen LogP contribution in [0.4, 0.5) is 23.2 Å². The Bertz CT molecular complexity index is 841. The van der Waals surface area contributed by atoms with Gasteiger partial charge in [-0.1, -0.05) is 30.3 Å². The molecule has 1 aliphatic rings. The van der Waals surface area contributed by atoms with Gasteiger partial charge in [-0.3, -0.25) is 9.69 Å². The molecule has 150 valence electrons. The van der Waals surface area contributed by atoms with Gasteiger partial charge in [0.05, 0.1) is 11.7 Å². The van der Waals surface area contributed by atoms with Crippen LogP contribution in [0.5, 0.6) is 5.75 Å². The van der Waals surface area contributed by atoms with Crippen molar-refractivity contribution >= 4 is 11.6 Å². The minimum Gasteiger partial charge on any atom is -0.484 e. The molecule has 28 heavy (non-hydrogen) atoms. The molecule has 1 heterocycles. The molecule has 8 heteroatoms. The van der Waals surface area contributed by atoms with Crippen molar-refractivity contribution < 1.29 is 27.1 Å². The summed E-state index contributed by atoms with van der Waals surface area (Å²) in [6, 6.07) is 12.0. The Balaban J connectivity index is 1.70. The number of amides is 1. The number of ether oxygens (including phenoxy) is 1. The highest BCUT2D eigenvalue weighted by Crippen LogP contribution is 2.28. The summed E-state index contributed by atoms with van der Waals surface area (Å²) in [5.74, 6) is -0.575. The van der Waals surface area contributed by atoms with Crippen LogP contribution in [0.2, 0.25) is 0 Å². The number of nitrogens with zero attached hydrogens (tertiary/aromatic N) is 2. The smallest absolute Gasteiger partial charge is 0.422 e. The maximum Gasteiger partial charge on any atom is 0.422 e. The lowest BCUT2D eigenvalue weighted by molar-refractivity contribution is -0.153. The van der Waals surface area contributed by atoms with E-state index in [-0.39, 0.29) is 23.9 Å². The van der Waals surface area contributed by atoms with Crippen LogP contribution in [0, 0.1) is 5.82 Å². The number of carbonyl (C=O) groups excluding carboxylic acids is 1. The van der Waals surface area contributed by atoms with Crippen LogP contribution < -0.4 is 9.64 Å². The van der Waals surface area contributed by atoms with Crippen LogP contribution in [-0.4, -0.2) is 43.2 Å². The number of hydrogen-bond donors (Lipinski definition) is 0. The number of hydrogen-bond acceptors (Lipinski definition) is 3. The van der Waals surface area contributed by atoms with E-state index in [0.717, 1.165) is 0 Å². The molecule has 0 N–H and O–H groups in total. The Morgan fingerprint density at radius 2 is 1.82 bits per heavy atom. The third-order valence-corrected chi connectivity index (χ3v) is 4.64. The van der Waals surface area contributed by atoms with E-state index in [9.17, 15) is 22.4 Å². The van der Waals surface area contributed by atoms with Gasteiger partial charge in [0, 0.05) is 18.7 Å². The zero-order chi connectivity index (χ0) is 20.3. The van der Waals surface area contributed by atoms with Crippen molar-refractivity contribution in [3.63, 3.8) is 0 Å². The van der Waals surface area contributed by atoms with Gasteiger partial charge in [-0.2, -0.15) is 13.2 Å². The topological polar surface area (TPSA) is 32.8 Å². The molecule has 0 aromatic heterocycles. The average molecular weight is 396 g/mol. The molecule has 0 saturated carbocycles. The highest BCUT2D eigenvalue weighted by Gasteiger charge is 2.36. The van der Waals surface area contributed by atoms with Gasteiger partial charge in [-0.25, -0.2) is 4.39 Å². The van der Waals surface area contributed by atoms with Crippen molar-refractivity contribution in [2.45, 2.75) is 25.2 Å². The van der Waals surface area contributed by atoms with Crippen LogP contribution in [0.15, 0.2) is 48.5 Å². The highest BCUT2D eigenvalue weighted by atomic mass is 19.4. The van der Waals surface area contributed by atoms with Crippen molar-refractivity contribution in [3.8, 4) is 5.75 Å². The van der Waals surface area contributed by atoms with E-state index in [1.807, 2.05) is 0 Å². The number of carbonyl (C=O) groups is 1. The molecule has 1 atom stereocenters. The van der Waals surface area contributed by atoms with Crippen LogP contribution in [0.1, 0.15) is 12.0 Å². The van der Waals surface area contributed by atoms with Crippen LogP contribution in [0.3, 0.4) is 0 Å². The fraction of sp³-hybridized carbons (Fsp3) is 0.350. The first kappa shape index (κ1) is 20.1. The monoisotopic (exact) mass is 396 g/mol. The molecule has 0 radical (unpaired) electrons. The number of para-hydroxylation sites is 2. The largest absolute Gasteiger partial charge is 0.484 e. The van der Waals surface area contributed by atoms with E-state index in [0.29, 0.717) is 18.5 Å². The number of halogens is 4. The number of benzene rings is 2. The molecule has 4 nitrogen and oxygen atoms in total. The third kappa shape index (κ3) is 4.62. The van der Waals surface area contributed by atoms with Gasteiger partial charge in [0.25, 0.3) is 0 Å². The van der Waals surface area contributed by atoms with Crippen molar-refractivity contribution in [1.29, 1.82) is 0 Å². The lowest BCUT2D eigenvalue weighted by Gasteiger charge is -2.25. The molecule has 2 aromatic carbocycles. The van der Waals surface area contributed by atoms with E-state index in [4.69, 9.17) is 4.74 Å². The second-order valence-corrected chi connectivity index (χ2v) is 6.67. The minimum atomic E-state index is -4.43. The zero-order valence-electron chi connectivity index (χ0n) is 15.2. The van der Waals surface area contributed by atoms with Crippen molar-refractivity contribution in [2.24, 2.45) is 0 Å². The average Bonchev–Trinajstić information content (AvgIpc) is 3.02. The van der Waals surface area contributed by atoms with Gasteiger partial charge >= 0.3 is 6.18 Å². The van der Waals surface area contributed by atoms with Crippen LogP contribution in [-0.2, 0) is 11.3 Å². The Morgan fingerprint density at radius 3 is 2.54 bits per heavy atom. The Hall–Kier alpha value is -2.61. The standard InChI is InChI=1S/C20H20F4N2O2/c1-25(12-14-6-2-5-9-18(14)28-13-20(22,23)24)17-10-11-26(19(17)27)16-8-4-3-7-15(16)21/h2-9,17H,10-13H2,1H3/t17-/m1/s1. The van der Waals surface area contributed by atoms with Crippen molar-refractivity contribution in [2.75, 3.05) is 25.1 Å². The first-order valence-corrected chi connectivity index (χ1v) is 8.80. The maximum atomic E-state index is 14.0. The summed E-state index contributed by atoms with van der Waals surface area (Å²) in [4.78, 5) is 15.9. The summed E-state index contributed by atoms with van der Waals surface area (Å²) >= 11 is 0. The number of rotatable bonds is 6. The molecule has 3 rings (SSSR count). The van der Waals surface area contributed by atoms with Gasteiger partial charge in [-0.05, 0) is 31.7 Å². The molecule has 0 spiro atoms. The maximum absolute atomic E-state index is 14.0. The Kier molecular flexibility index (Phi) is 5.88. The summed E-state index contributed by atoms with van der Waals surface area (Å²) in [5.41, 5.74) is 0.781. The molecule has 0 bridgehead atoms. The molecular weight excluding hydrogens is 376 g/mol. The van der Waals surface area contributed by atoms with E-state index in [2.05, 4.69) is 0 Å². The Labute approximate surface area is 160 Å². The minimum absolute atomic E-state index is 0.128. The summed E-state index contributed by atoms with van der Waals surface area (Å²) in [5, 5.41) is 0. The molecule has 0 unspecified atom stereocenters. The Morgan fingerprint density at radius 1 is 1.14 bits per heavy atom. The lowest BCUT2D eigenvalue weighted by Crippen LogP contribution is -2.39. The molecular formula is C20H20F4N2O2. The van der Waals surface area contributed by atoms with Crippen molar-refractivity contribution in [3.05, 3.63) is 59.9 Å². The van der Waals surface area contributed by atoms with Gasteiger partial charge in [0.15, 0.2) is 6.61 Å². The summed E-state index contributed by atoms with van der Waals surface area (Å²) in [6.45, 7) is -0.770. The van der Waals surface area contributed by atoms with Gasteiger partial charge in [-0.15, -0.1) is 0 Å². The number of likely N-dealkylation sites (N-methyl/N-ethyl adjacent to an activating group) is 1. The zero-order valence-corrected chi connectivity index (χ0v) is 15.2. The van der Waals surface area contributed by atoms with Gasteiger partial charge < -0.3 is 9.64 Å². The lowest BCUT2D eigenvalue weighted by atomic mass is 10.1. The first-order chi connectivity index (χ1) is 13.3. The second-order valence-electron chi connectivity index (χ2n) is 6.67. The molecule has 1 amide bonds. The number of anilines is 1. The van der Waals surface area contributed by atoms with E-state index in [1.54, 1.807) is 48.3 Å². The predicted octanol–water partition coefficient (Wildman–Crippen LogP) is 4.00. The summed E-state index contributed by atoms with van der Waals surface area (Å²) in [7, 11) is 1.72. The molecule has 1 fully saturated rings.